The first kappa shape index (κ1) is 11.5. The highest BCUT2D eigenvalue weighted by Crippen LogP contribution is 2.31. The zero-order chi connectivity index (χ0) is 11.6. The monoisotopic (exact) mass is 225 g/mol. The van der Waals surface area contributed by atoms with Crippen LogP contribution >= 0.6 is 0 Å². The summed E-state index contributed by atoms with van der Waals surface area (Å²) in [5.74, 6) is -2.58. The minimum absolute atomic E-state index is 0.0793. The molecule has 1 aromatic rings. The molecule has 8 heteroatoms. The highest BCUT2D eigenvalue weighted by molar-refractivity contribution is 5.57. The first-order valence-corrected chi connectivity index (χ1v) is 3.74. The van der Waals surface area contributed by atoms with Crippen molar-refractivity contribution in [2.45, 2.75) is 12.9 Å². The van der Waals surface area contributed by atoms with E-state index in [1.54, 1.807) is 0 Å². The van der Waals surface area contributed by atoms with Crippen molar-refractivity contribution in [1.82, 2.24) is 4.98 Å². The highest BCUT2D eigenvalue weighted by Gasteiger charge is 2.34. The van der Waals surface area contributed by atoms with Crippen LogP contribution in [-0.4, -0.2) is 11.3 Å². The topological polar surface area (TPSA) is 74.2 Å². The molecule has 0 amide bonds. The zero-order valence-corrected chi connectivity index (χ0v) is 7.31. The van der Waals surface area contributed by atoms with Crippen molar-refractivity contribution in [2.24, 2.45) is 5.73 Å². The quantitative estimate of drug-likeness (QED) is 0.585. The summed E-state index contributed by atoms with van der Waals surface area (Å²) in [6, 6.07) is 0. The Morgan fingerprint density at radius 2 is 2.00 bits per heavy atom. The summed E-state index contributed by atoms with van der Waals surface area (Å²) in [6.45, 7) is -0.159. The molecule has 0 fully saturated rings. The van der Waals surface area contributed by atoms with E-state index < -0.39 is 23.7 Å². The van der Waals surface area contributed by atoms with Crippen molar-refractivity contribution in [3.63, 3.8) is 0 Å². The number of halogens is 4. The van der Waals surface area contributed by atoms with Gasteiger partial charge in [0, 0.05) is 18.3 Å². The van der Waals surface area contributed by atoms with Gasteiger partial charge in [-0.2, -0.15) is 4.39 Å². The lowest BCUT2D eigenvalue weighted by Crippen LogP contribution is -2.20. The van der Waals surface area contributed by atoms with Crippen LogP contribution < -0.4 is 16.2 Å². The summed E-state index contributed by atoms with van der Waals surface area (Å²) in [7, 11) is 0. The van der Waals surface area contributed by atoms with Crippen LogP contribution in [0.15, 0.2) is 6.20 Å². The molecule has 0 radical (unpaired) electrons. The molecule has 15 heavy (non-hydrogen) atoms. The molecule has 0 unspecified atom stereocenters. The van der Waals surface area contributed by atoms with Crippen molar-refractivity contribution >= 4 is 5.69 Å². The third kappa shape index (κ3) is 2.69. The number of rotatable bonds is 2. The summed E-state index contributed by atoms with van der Waals surface area (Å²) in [5, 5.41) is 0. The fourth-order valence-corrected chi connectivity index (χ4v) is 0.895. The second-order valence-corrected chi connectivity index (χ2v) is 2.57. The first-order chi connectivity index (χ1) is 6.85. The Bertz CT molecular complexity index is 366. The molecule has 84 valence electrons. The lowest BCUT2D eigenvalue weighted by molar-refractivity contribution is -0.275. The summed E-state index contributed by atoms with van der Waals surface area (Å²) < 4.78 is 51.7. The smallest absolute Gasteiger partial charge is 0.399 e. The lowest BCUT2D eigenvalue weighted by Gasteiger charge is -2.13. The molecule has 0 saturated heterocycles. The van der Waals surface area contributed by atoms with Crippen LogP contribution in [0.1, 0.15) is 5.56 Å². The fraction of sp³-hybridized carbons (Fsp3) is 0.286. The third-order valence-corrected chi connectivity index (χ3v) is 1.55. The van der Waals surface area contributed by atoms with Gasteiger partial charge in [0.15, 0.2) is 0 Å². The van der Waals surface area contributed by atoms with E-state index in [9.17, 15) is 17.6 Å². The van der Waals surface area contributed by atoms with Gasteiger partial charge in [-0.05, 0) is 0 Å². The lowest BCUT2D eigenvalue weighted by atomic mass is 10.2. The predicted octanol–water partition coefficient (Wildman–Crippen LogP) is 1.16. The van der Waals surface area contributed by atoms with Gasteiger partial charge < -0.3 is 16.2 Å². The Morgan fingerprint density at radius 3 is 2.47 bits per heavy atom. The molecule has 0 spiro atoms. The molecule has 4 nitrogen and oxygen atoms in total. The second kappa shape index (κ2) is 3.89. The minimum atomic E-state index is -5.02. The normalized spacial score (nSPS) is 11.5. The van der Waals surface area contributed by atoms with Crippen LogP contribution in [0.3, 0.4) is 0 Å². The molecule has 0 aromatic carbocycles. The van der Waals surface area contributed by atoms with Gasteiger partial charge in [0.25, 0.3) is 5.95 Å². The standard InChI is InChI=1S/C7H7F4N3O/c8-6-5(15-7(9,10)11)4(13)3(1-12)2-14-6/h2H,1,12H2,(H2,13,14). The molecule has 1 heterocycles. The van der Waals surface area contributed by atoms with Gasteiger partial charge in [0.2, 0.25) is 5.75 Å². The van der Waals surface area contributed by atoms with Gasteiger partial charge >= 0.3 is 6.36 Å². The number of anilines is 1. The number of hydrogen-bond donors (Lipinski definition) is 2. The summed E-state index contributed by atoms with van der Waals surface area (Å²) in [4.78, 5) is 3.04. The summed E-state index contributed by atoms with van der Waals surface area (Å²) in [6.07, 6.45) is -4.07. The van der Waals surface area contributed by atoms with Gasteiger partial charge in [-0.1, -0.05) is 0 Å². The van der Waals surface area contributed by atoms with Gasteiger partial charge in [0.1, 0.15) is 0 Å². The van der Waals surface area contributed by atoms with E-state index in [1.807, 2.05) is 0 Å². The van der Waals surface area contributed by atoms with E-state index in [2.05, 4.69) is 9.72 Å². The Labute approximate surface area is 81.8 Å². The molecule has 0 atom stereocenters. The molecule has 1 rings (SSSR count). The van der Waals surface area contributed by atoms with Crippen LogP contribution in [0.25, 0.3) is 0 Å². The SMILES string of the molecule is NCc1cnc(F)c(OC(F)(F)F)c1N. The Kier molecular flexibility index (Phi) is 2.98. The predicted molar refractivity (Wildman–Crippen MR) is 43.2 cm³/mol. The number of nitrogens with two attached hydrogens (primary N) is 2. The molecule has 0 aliphatic rings. The number of alkyl halides is 3. The van der Waals surface area contributed by atoms with E-state index in [4.69, 9.17) is 11.5 Å². The summed E-state index contributed by atoms with van der Waals surface area (Å²) >= 11 is 0. The maximum atomic E-state index is 12.8. The maximum absolute atomic E-state index is 12.8. The number of pyridine rings is 1. The fourth-order valence-electron chi connectivity index (χ4n) is 0.895. The molecule has 0 saturated carbocycles. The second-order valence-electron chi connectivity index (χ2n) is 2.57. The van der Waals surface area contributed by atoms with Crippen molar-refractivity contribution in [2.75, 3.05) is 5.73 Å². The van der Waals surface area contributed by atoms with E-state index in [1.165, 1.54) is 0 Å². The molecular weight excluding hydrogens is 218 g/mol. The zero-order valence-electron chi connectivity index (χ0n) is 7.31. The number of nitrogens with zero attached hydrogens (tertiary/aromatic N) is 1. The minimum Gasteiger partial charge on any atom is -0.399 e. The average Bonchev–Trinajstić information content (AvgIpc) is 2.11. The van der Waals surface area contributed by atoms with Crippen LogP contribution in [0.2, 0.25) is 0 Å². The van der Waals surface area contributed by atoms with E-state index in [-0.39, 0.29) is 12.1 Å². The maximum Gasteiger partial charge on any atom is 0.573 e. The molecule has 0 bridgehead atoms. The van der Waals surface area contributed by atoms with Crippen LogP contribution in [-0.2, 0) is 6.54 Å². The van der Waals surface area contributed by atoms with E-state index in [0.717, 1.165) is 6.20 Å². The average molecular weight is 225 g/mol. The van der Waals surface area contributed by atoms with Gasteiger partial charge in [-0.25, -0.2) is 4.98 Å². The van der Waals surface area contributed by atoms with Crippen LogP contribution in [0.4, 0.5) is 23.2 Å². The molecule has 4 N–H and O–H groups in total. The largest absolute Gasteiger partial charge is 0.573 e. The number of aromatic nitrogens is 1. The van der Waals surface area contributed by atoms with Crippen molar-refractivity contribution in [1.29, 1.82) is 0 Å². The van der Waals surface area contributed by atoms with Gasteiger partial charge in [0.05, 0.1) is 5.69 Å². The number of hydrogen-bond acceptors (Lipinski definition) is 4. The van der Waals surface area contributed by atoms with Crippen molar-refractivity contribution in [3.05, 3.63) is 17.7 Å². The number of ether oxygens (including phenoxy) is 1. The molecular formula is C7H7F4N3O. The summed E-state index contributed by atoms with van der Waals surface area (Å²) in [5.41, 5.74) is 9.95. The molecule has 1 aromatic heterocycles. The van der Waals surface area contributed by atoms with Gasteiger partial charge in [-0.3, -0.25) is 0 Å². The van der Waals surface area contributed by atoms with Gasteiger partial charge in [-0.15, -0.1) is 13.2 Å². The Morgan fingerprint density at radius 1 is 1.40 bits per heavy atom. The van der Waals surface area contributed by atoms with Crippen LogP contribution in [0.5, 0.6) is 5.75 Å². The Balaban J connectivity index is 3.15. The van der Waals surface area contributed by atoms with Crippen LogP contribution in [0, 0.1) is 5.95 Å². The van der Waals surface area contributed by atoms with E-state index in [0.29, 0.717) is 0 Å². The highest BCUT2D eigenvalue weighted by atomic mass is 19.4. The molecule has 0 aliphatic heterocycles. The van der Waals surface area contributed by atoms with Crippen molar-refractivity contribution < 1.29 is 22.3 Å². The van der Waals surface area contributed by atoms with Crippen molar-refractivity contribution in [3.8, 4) is 5.75 Å². The number of nitrogen functional groups attached to an aromatic ring is 1. The molecule has 0 aliphatic carbocycles. The Hall–Kier alpha value is -1.57. The third-order valence-electron chi connectivity index (χ3n) is 1.55. The van der Waals surface area contributed by atoms with E-state index >= 15 is 0 Å². The first-order valence-electron chi connectivity index (χ1n) is 3.74.